The predicted molar refractivity (Wildman–Crippen MR) is 79.3 cm³/mol. The van der Waals surface area contributed by atoms with Gasteiger partial charge in [0, 0.05) is 18.0 Å². The first-order valence-electron chi connectivity index (χ1n) is 7.61. The van der Waals surface area contributed by atoms with Crippen molar-refractivity contribution >= 4 is 11.3 Å². The van der Waals surface area contributed by atoms with E-state index in [0.717, 1.165) is 13.0 Å². The van der Waals surface area contributed by atoms with E-state index in [1.165, 1.54) is 23.3 Å². The van der Waals surface area contributed by atoms with Gasteiger partial charge in [-0.25, -0.2) is 0 Å². The van der Waals surface area contributed by atoms with Gasteiger partial charge in [-0.2, -0.15) is 4.98 Å². The standard InChI is InChI=1S/C15H19N3O2S/c1-2-19-13(9-3-4-9)14-17-15(20-18-14)12-10-6-8-21-11(10)5-7-16-12/h6,8-9,12-13,16H,2-5,7H2,1H3. The molecule has 4 rings (SSSR count). The fraction of sp³-hybridized carbons (Fsp3) is 0.600. The molecule has 2 aliphatic rings. The quantitative estimate of drug-likeness (QED) is 0.920. The highest BCUT2D eigenvalue weighted by Crippen LogP contribution is 2.42. The molecule has 2 aromatic heterocycles. The van der Waals surface area contributed by atoms with Crippen LogP contribution in [0.5, 0.6) is 0 Å². The molecule has 1 aliphatic carbocycles. The third-order valence-corrected chi connectivity index (χ3v) is 5.14. The maximum absolute atomic E-state index is 5.80. The van der Waals surface area contributed by atoms with Crippen LogP contribution in [-0.2, 0) is 11.2 Å². The molecule has 1 N–H and O–H groups in total. The van der Waals surface area contributed by atoms with Crippen LogP contribution in [0.1, 0.15) is 54.1 Å². The van der Waals surface area contributed by atoms with Crippen LogP contribution >= 0.6 is 11.3 Å². The van der Waals surface area contributed by atoms with E-state index in [1.807, 2.05) is 6.92 Å². The van der Waals surface area contributed by atoms with Crippen molar-refractivity contribution in [2.45, 2.75) is 38.3 Å². The molecule has 1 saturated carbocycles. The van der Waals surface area contributed by atoms with Crippen molar-refractivity contribution in [3.05, 3.63) is 33.6 Å². The average Bonchev–Trinajstić information content (AvgIpc) is 3.02. The molecule has 1 fully saturated rings. The molecule has 0 spiro atoms. The Morgan fingerprint density at radius 1 is 1.52 bits per heavy atom. The van der Waals surface area contributed by atoms with Crippen molar-refractivity contribution in [1.29, 1.82) is 0 Å². The Balaban J connectivity index is 1.60. The highest BCUT2D eigenvalue weighted by atomic mass is 32.1. The molecule has 21 heavy (non-hydrogen) atoms. The molecule has 2 atom stereocenters. The average molecular weight is 305 g/mol. The van der Waals surface area contributed by atoms with Crippen molar-refractivity contribution in [2.75, 3.05) is 13.2 Å². The minimum Gasteiger partial charge on any atom is -0.370 e. The molecule has 0 radical (unpaired) electrons. The zero-order chi connectivity index (χ0) is 14.2. The maximum Gasteiger partial charge on any atom is 0.248 e. The maximum atomic E-state index is 5.80. The molecule has 2 unspecified atom stereocenters. The smallest absolute Gasteiger partial charge is 0.248 e. The molecule has 0 amide bonds. The van der Waals surface area contributed by atoms with Gasteiger partial charge in [0.15, 0.2) is 0 Å². The van der Waals surface area contributed by atoms with Crippen LogP contribution in [0.25, 0.3) is 0 Å². The summed E-state index contributed by atoms with van der Waals surface area (Å²) in [5.74, 6) is 1.93. The van der Waals surface area contributed by atoms with Crippen molar-refractivity contribution < 1.29 is 9.26 Å². The summed E-state index contributed by atoms with van der Waals surface area (Å²) in [4.78, 5) is 6.05. The number of ether oxygens (including phenoxy) is 1. The van der Waals surface area contributed by atoms with E-state index in [1.54, 1.807) is 11.3 Å². The van der Waals surface area contributed by atoms with Crippen LogP contribution in [0.2, 0.25) is 0 Å². The Hall–Kier alpha value is -1.24. The first-order chi connectivity index (χ1) is 10.4. The van der Waals surface area contributed by atoms with Crippen LogP contribution in [0.4, 0.5) is 0 Å². The van der Waals surface area contributed by atoms with Gasteiger partial charge >= 0.3 is 0 Å². The normalized spacial score (nSPS) is 23.0. The molecule has 2 aromatic rings. The number of thiophene rings is 1. The number of aromatic nitrogens is 2. The molecule has 3 heterocycles. The van der Waals surface area contributed by atoms with Crippen LogP contribution < -0.4 is 5.32 Å². The van der Waals surface area contributed by atoms with Crippen LogP contribution in [-0.4, -0.2) is 23.3 Å². The SMILES string of the molecule is CCOC(c1noc(C2NCCc3sccc32)n1)C1CC1. The van der Waals surface area contributed by atoms with Crippen molar-refractivity contribution in [3.63, 3.8) is 0 Å². The lowest BCUT2D eigenvalue weighted by Gasteiger charge is -2.20. The van der Waals surface area contributed by atoms with Gasteiger partial charge in [-0.1, -0.05) is 5.16 Å². The largest absolute Gasteiger partial charge is 0.370 e. The second-order valence-electron chi connectivity index (χ2n) is 5.64. The van der Waals surface area contributed by atoms with Gasteiger partial charge < -0.3 is 14.6 Å². The Morgan fingerprint density at radius 2 is 2.43 bits per heavy atom. The monoisotopic (exact) mass is 305 g/mol. The molecular formula is C15H19N3O2S. The number of rotatable bonds is 5. The fourth-order valence-electron chi connectivity index (χ4n) is 2.95. The molecule has 0 aromatic carbocycles. The lowest BCUT2D eigenvalue weighted by atomic mass is 10.0. The Labute approximate surface area is 127 Å². The summed E-state index contributed by atoms with van der Waals surface area (Å²) >= 11 is 1.81. The van der Waals surface area contributed by atoms with Gasteiger partial charge in [0.25, 0.3) is 0 Å². The van der Waals surface area contributed by atoms with Gasteiger partial charge in [-0.05, 0) is 49.1 Å². The topological polar surface area (TPSA) is 60.2 Å². The third kappa shape index (κ3) is 2.52. The zero-order valence-electron chi connectivity index (χ0n) is 12.0. The van der Waals surface area contributed by atoms with Gasteiger partial charge in [-0.3, -0.25) is 0 Å². The molecule has 0 bridgehead atoms. The van der Waals surface area contributed by atoms with E-state index in [9.17, 15) is 0 Å². The highest BCUT2D eigenvalue weighted by Gasteiger charge is 2.37. The first-order valence-corrected chi connectivity index (χ1v) is 8.49. The second kappa shape index (κ2) is 5.51. The number of hydrogen-bond acceptors (Lipinski definition) is 6. The van der Waals surface area contributed by atoms with Crippen LogP contribution in [0, 0.1) is 5.92 Å². The molecule has 1 aliphatic heterocycles. The lowest BCUT2D eigenvalue weighted by Crippen LogP contribution is -2.29. The van der Waals surface area contributed by atoms with Crippen molar-refractivity contribution in [1.82, 2.24) is 15.5 Å². The Morgan fingerprint density at radius 3 is 3.24 bits per heavy atom. The zero-order valence-corrected chi connectivity index (χ0v) is 12.9. The molecule has 5 nitrogen and oxygen atoms in total. The third-order valence-electron chi connectivity index (χ3n) is 4.15. The summed E-state index contributed by atoms with van der Waals surface area (Å²) in [6, 6.07) is 2.18. The predicted octanol–water partition coefficient (Wildman–Crippen LogP) is 2.85. The van der Waals surface area contributed by atoms with E-state index >= 15 is 0 Å². The first kappa shape index (κ1) is 13.4. The highest BCUT2D eigenvalue weighted by molar-refractivity contribution is 7.10. The van der Waals surface area contributed by atoms with Crippen molar-refractivity contribution in [3.8, 4) is 0 Å². The number of hydrogen-bond donors (Lipinski definition) is 1. The van der Waals surface area contributed by atoms with E-state index < -0.39 is 0 Å². The van der Waals surface area contributed by atoms with Crippen LogP contribution in [0.3, 0.4) is 0 Å². The molecular weight excluding hydrogens is 286 g/mol. The summed E-state index contributed by atoms with van der Waals surface area (Å²) in [6.07, 6.45) is 3.47. The number of fused-ring (bicyclic) bond motifs is 1. The second-order valence-corrected chi connectivity index (χ2v) is 6.64. The summed E-state index contributed by atoms with van der Waals surface area (Å²) in [6.45, 7) is 3.64. The fourth-order valence-corrected chi connectivity index (χ4v) is 3.87. The Kier molecular flexibility index (Phi) is 3.52. The van der Waals surface area contributed by atoms with Crippen LogP contribution in [0.15, 0.2) is 16.0 Å². The van der Waals surface area contributed by atoms with Gasteiger partial charge in [0.2, 0.25) is 11.7 Å². The summed E-state index contributed by atoms with van der Waals surface area (Å²) in [7, 11) is 0. The van der Waals surface area contributed by atoms with E-state index in [0.29, 0.717) is 24.2 Å². The van der Waals surface area contributed by atoms with E-state index in [2.05, 4.69) is 26.9 Å². The molecule has 0 saturated heterocycles. The van der Waals surface area contributed by atoms with E-state index in [-0.39, 0.29) is 12.1 Å². The van der Waals surface area contributed by atoms with Gasteiger partial charge in [0.05, 0.1) is 0 Å². The molecule has 112 valence electrons. The summed E-state index contributed by atoms with van der Waals surface area (Å²) in [5, 5.41) is 9.79. The minimum atomic E-state index is -0.00182. The van der Waals surface area contributed by atoms with Gasteiger partial charge in [-0.15, -0.1) is 11.3 Å². The number of nitrogens with zero attached hydrogens (tertiary/aromatic N) is 2. The summed E-state index contributed by atoms with van der Waals surface area (Å²) in [5.41, 5.74) is 1.28. The number of nitrogens with one attached hydrogen (secondary N) is 1. The van der Waals surface area contributed by atoms with Crippen molar-refractivity contribution in [2.24, 2.45) is 5.92 Å². The summed E-state index contributed by atoms with van der Waals surface area (Å²) < 4.78 is 11.3. The minimum absolute atomic E-state index is 0.00182. The van der Waals surface area contributed by atoms with E-state index in [4.69, 9.17) is 9.26 Å². The lowest BCUT2D eigenvalue weighted by molar-refractivity contribution is 0.0384. The van der Waals surface area contributed by atoms with Gasteiger partial charge in [0.1, 0.15) is 12.1 Å². The Bertz CT molecular complexity index is 620. The molecule has 6 heteroatoms.